The lowest BCUT2D eigenvalue weighted by Crippen LogP contribution is -2.32. The molecule has 5 nitrogen and oxygen atoms in total. The van der Waals surface area contributed by atoms with Crippen LogP contribution in [0.4, 0.5) is 0 Å². The minimum atomic E-state index is -0.162. The highest BCUT2D eigenvalue weighted by molar-refractivity contribution is 5.93. The number of fused-ring (bicyclic) bond motifs is 1. The third-order valence-corrected chi connectivity index (χ3v) is 3.90. The molecule has 0 aliphatic rings. The molecule has 0 bridgehead atoms. The minimum absolute atomic E-state index is 0.126. The van der Waals surface area contributed by atoms with Gasteiger partial charge in [0.05, 0.1) is 5.69 Å². The number of hydrogen-bond donors (Lipinski definition) is 1. The van der Waals surface area contributed by atoms with Gasteiger partial charge in [-0.3, -0.25) is 4.79 Å². The van der Waals surface area contributed by atoms with Gasteiger partial charge in [-0.25, -0.2) is 9.50 Å². The van der Waals surface area contributed by atoms with Crippen LogP contribution >= 0.6 is 0 Å². The summed E-state index contributed by atoms with van der Waals surface area (Å²) in [6, 6.07) is 13.8. The zero-order chi connectivity index (χ0) is 16.4. The molecule has 0 radical (unpaired) electrons. The van der Waals surface area contributed by atoms with Crippen LogP contribution in [-0.4, -0.2) is 26.5 Å². The van der Waals surface area contributed by atoms with E-state index in [-0.39, 0.29) is 11.9 Å². The first-order valence-corrected chi connectivity index (χ1v) is 7.82. The fourth-order valence-corrected chi connectivity index (χ4v) is 2.39. The summed E-state index contributed by atoms with van der Waals surface area (Å²) in [5.74, 6) is -0.162. The van der Waals surface area contributed by atoms with Gasteiger partial charge in [-0.05, 0) is 26.3 Å². The molecule has 2 aromatic heterocycles. The van der Waals surface area contributed by atoms with Crippen molar-refractivity contribution in [1.82, 2.24) is 19.9 Å². The number of nitrogens with one attached hydrogen (secondary N) is 1. The molecule has 5 heteroatoms. The summed E-state index contributed by atoms with van der Waals surface area (Å²) in [7, 11) is 0. The van der Waals surface area contributed by atoms with Gasteiger partial charge in [-0.2, -0.15) is 5.10 Å². The molecule has 0 spiro atoms. The Morgan fingerprint density at radius 1 is 1.26 bits per heavy atom. The molecule has 118 valence electrons. The number of aromatic nitrogens is 3. The van der Waals surface area contributed by atoms with Crippen molar-refractivity contribution in [2.75, 3.05) is 0 Å². The second-order valence-electron chi connectivity index (χ2n) is 5.73. The van der Waals surface area contributed by atoms with Crippen LogP contribution in [0.15, 0.2) is 42.5 Å². The number of rotatable bonds is 4. The third-order valence-electron chi connectivity index (χ3n) is 3.90. The molecular formula is C18H20N4O. The zero-order valence-corrected chi connectivity index (χ0v) is 13.6. The van der Waals surface area contributed by atoms with Crippen molar-refractivity contribution in [3.8, 4) is 11.3 Å². The smallest absolute Gasteiger partial charge is 0.272 e. The summed E-state index contributed by atoms with van der Waals surface area (Å²) in [5, 5.41) is 7.31. The Bertz CT molecular complexity index is 839. The molecule has 3 aromatic rings. The second-order valence-corrected chi connectivity index (χ2v) is 5.73. The van der Waals surface area contributed by atoms with E-state index in [1.165, 1.54) is 0 Å². The summed E-state index contributed by atoms with van der Waals surface area (Å²) in [4.78, 5) is 16.9. The Balaban J connectivity index is 2.00. The average molecular weight is 308 g/mol. The molecule has 2 heterocycles. The number of carbonyl (C=O) groups excluding carboxylic acids is 1. The molecule has 0 fully saturated rings. The first-order chi connectivity index (χ1) is 11.1. The summed E-state index contributed by atoms with van der Waals surface area (Å²) in [5.41, 5.74) is 3.94. The average Bonchev–Trinajstić information content (AvgIpc) is 3.00. The maximum Gasteiger partial charge on any atom is 0.272 e. The standard InChI is InChI=1S/C18H20N4O/c1-4-12(2)19-18(23)16-11-17-20-15(10-13(3)22(17)21-16)14-8-6-5-7-9-14/h5-12H,4H2,1-3H3,(H,19,23)/t12-/m1/s1. The Morgan fingerprint density at radius 2 is 2.00 bits per heavy atom. The van der Waals surface area contributed by atoms with Gasteiger partial charge in [0.1, 0.15) is 0 Å². The molecule has 3 rings (SSSR count). The molecule has 1 amide bonds. The number of hydrogen-bond acceptors (Lipinski definition) is 3. The van der Waals surface area contributed by atoms with E-state index < -0.39 is 0 Å². The van der Waals surface area contributed by atoms with Crippen LogP contribution in [0.2, 0.25) is 0 Å². The second kappa shape index (κ2) is 6.20. The van der Waals surface area contributed by atoms with Crippen LogP contribution in [0.25, 0.3) is 16.9 Å². The van der Waals surface area contributed by atoms with Gasteiger partial charge < -0.3 is 5.32 Å². The van der Waals surface area contributed by atoms with Crippen LogP contribution in [0, 0.1) is 6.92 Å². The Hall–Kier alpha value is -2.69. The van der Waals surface area contributed by atoms with Crippen LogP contribution in [0.1, 0.15) is 36.5 Å². The lowest BCUT2D eigenvalue weighted by Gasteiger charge is -2.09. The highest BCUT2D eigenvalue weighted by Crippen LogP contribution is 2.19. The largest absolute Gasteiger partial charge is 0.348 e. The lowest BCUT2D eigenvalue weighted by molar-refractivity contribution is 0.0934. The molecule has 0 saturated heterocycles. The van der Waals surface area contributed by atoms with Crippen LogP contribution in [0.5, 0.6) is 0 Å². The van der Waals surface area contributed by atoms with E-state index in [9.17, 15) is 4.79 Å². The predicted octanol–water partition coefficient (Wildman–Crippen LogP) is 3.23. The van der Waals surface area contributed by atoms with E-state index in [2.05, 4.69) is 15.4 Å². The number of carbonyl (C=O) groups is 1. The van der Waals surface area contributed by atoms with Crippen LogP contribution in [0.3, 0.4) is 0 Å². The topological polar surface area (TPSA) is 59.3 Å². The van der Waals surface area contributed by atoms with E-state index in [0.29, 0.717) is 11.3 Å². The molecular weight excluding hydrogens is 288 g/mol. The number of benzene rings is 1. The molecule has 0 aliphatic heterocycles. The maximum atomic E-state index is 12.2. The van der Waals surface area contributed by atoms with E-state index in [1.807, 2.05) is 57.2 Å². The Kier molecular flexibility index (Phi) is 4.10. The van der Waals surface area contributed by atoms with Gasteiger partial charge in [-0.1, -0.05) is 37.3 Å². The Labute approximate surface area is 135 Å². The molecule has 0 aliphatic carbocycles. The van der Waals surface area contributed by atoms with Gasteiger partial charge in [0.2, 0.25) is 0 Å². The molecule has 1 aromatic carbocycles. The van der Waals surface area contributed by atoms with E-state index in [1.54, 1.807) is 10.6 Å². The number of amides is 1. The summed E-state index contributed by atoms with van der Waals surface area (Å²) in [6.07, 6.45) is 0.883. The van der Waals surface area contributed by atoms with Crippen molar-refractivity contribution < 1.29 is 4.79 Å². The van der Waals surface area contributed by atoms with E-state index in [4.69, 9.17) is 0 Å². The summed E-state index contributed by atoms with van der Waals surface area (Å²) in [6.45, 7) is 5.97. The quantitative estimate of drug-likeness (QED) is 0.805. The van der Waals surface area contributed by atoms with E-state index >= 15 is 0 Å². The van der Waals surface area contributed by atoms with Crippen molar-refractivity contribution in [1.29, 1.82) is 0 Å². The molecule has 1 atom stereocenters. The van der Waals surface area contributed by atoms with Gasteiger partial charge in [0, 0.05) is 23.4 Å². The van der Waals surface area contributed by atoms with Crippen LogP contribution < -0.4 is 5.32 Å². The van der Waals surface area contributed by atoms with Gasteiger partial charge in [0.15, 0.2) is 11.3 Å². The lowest BCUT2D eigenvalue weighted by atomic mass is 10.1. The highest BCUT2D eigenvalue weighted by atomic mass is 16.2. The fraction of sp³-hybridized carbons (Fsp3) is 0.278. The van der Waals surface area contributed by atoms with Crippen LogP contribution in [-0.2, 0) is 0 Å². The third kappa shape index (κ3) is 3.08. The SMILES string of the molecule is CC[C@@H](C)NC(=O)c1cc2nc(-c3ccccc3)cc(C)n2n1. The molecule has 1 N–H and O–H groups in total. The van der Waals surface area contributed by atoms with Crippen molar-refractivity contribution in [2.24, 2.45) is 0 Å². The van der Waals surface area contributed by atoms with Crippen molar-refractivity contribution in [3.63, 3.8) is 0 Å². The highest BCUT2D eigenvalue weighted by Gasteiger charge is 2.15. The van der Waals surface area contributed by atoms with Gasteiger partial charge in [-0.15, -0.1) is 0 Å². The van der Waals surface area contributed by atoms with Crippen molar-refractivity contribution in [3.05, 3.63) is 53.9 Å². The first kappa shape index (κ1) is 15.2. The molecule has 0 saturated carbocycles. The predicted molar refractivity (Wildman–Crippen MR) is 90.4 cm³/mol. The first-order valence-electron chi connectivity index (χ1n) is 7.82. The Morgan fingerprint density at radius 3 is 2.70 bits per heavy atom. The van der Waals surface area contributed by atoms with Gasteiger partial charge >= 0.3 is 0 Å². The summed E-state index contributed by atoms with van der Waals surface area (Å²) >= 11 is 0. The number of aryl methyl sites for hydroxylation is 1. The summed E-state index contributed by atoms with van der Waals surface area (Å²) < 4.78 is 1.71. The maximum absolute atomic E-state index is 12.2. The van der Waals surface area contributed by atoms with E-state index in [0.717, 1.165) is 23.4 Å². The molecule has 23 heavy (non-hydrogen) atoms. The van der Waals surface area contributed by atoms with Crippen molar-refractivity contribution in [2.45, 2.75) is 33.2 Å². The minimum Gasteiger partial charge on any atom is -0.348 e. The monoisotopic (exact) mass is 308 g/mol. The normalized spacial score (nSPS) is 12.3. The molecule has 0 unspecified atom stereocenters. The zero-order valence-electron chi connectivity index (χ0n) is 13.6. The number of nitrogens with zero attached hydrogens (tertiary/aromatic N) is 3. The fourth-order valence-electron chi connectivity index (χ4n) is 2.39. The van der Waals surface area contributed by atoms with Gasteiger partial charge in [0.25, 0.3) is 5.91 Å². The van der Waals surface area contributed by atoms with Crippen molar-refractivity contribution >= 4 is 11.6 Å².